The van der Waals surface area contributed by atoms with E-state index in [1.807, 2.05) is 18.2 Å². The van der Waals surface area contributed by atoms with E-state index in [9.17, 15) is 0 Å². The number of hydrogen-bond acceptors (Lipinski definition) is 3. The normalized spacial score (nSPS) is 22.1. The minimum atomic E-state index is 0.299. The molecule has 0 saturated carbocycles. The molecular weight excluding hydrogens is 362 g/mol. The first-order chi connectivity index (χ1) is 13.2. The van der Waals surface area contributed by atoms with Crippen LogP contribution in [0.4, 0.5) is 0 Å². The molecule has 1 aromatic rings. The van der Waals surface area contributed by atoms with Crippen molar-refractivity contribution in [2.75, 3.05) is 32.8 Å². The fourth-order valence-electron chi connectivity index (χ4n) is 3.64. The molecule has 2 aliphatic rings. The zero-order valence-electron chi connectivity index (χ0n) is 16.3. The first-order valence-electron chi connectivity index (χ1n) is 10.3. The van der Waals surface area contributed by atoms with Crippen LogP contribution < -0.4 is 5.32 Å². The number of ether oxygens (including phenoxy) is 2. The first kappa shape index (κ1) is 20.4. The molecule has 0 bridgehead atoms. The van der Waals surface area contributed by atoms with Gasteiger partial charge >= 0.3 is 0 Å². The molecule has 150 valence electrons. The van der Waals surface area contributed by atoms with Gasteiger partial charge in [0.2, 0.25) is 0 Å². The van der Waals surface area contributed by atoms with Gasteiger partial charge in [0.25, 0.3) is 0 Å². The number of benzene rings is 1. The number of nitrogens with one attached hydrogen (secondary N) is 1. The van der Waals surface area contributed by atoms with Gasteiger partial charge in [-0.05, 0) is 56.7 Å². The molecule has 2 fully saturated rings. The molecule has 0 spiro atoms. The van der Waals surface area contributed by atoms with Gasteiger partial charge in [-0.2, -0.15) is 0 Å². The second kappa shape index (κ2) is 10.9. The molecule has 1 unspecified atom stereocenters. The largest absolute Gasteiger partial charge is 0.376 e. The molecule has 2 saturated heterocycles. The van der Waals surface area contributed by atoms with Crippen molar-refractivity contribution in [3.63, 3.8) is 0 Å². The summed E-state index contributed by atoms with van der Waals surface area (Å²) in [6, 6.07) is 7.90. The van der Waals surface area contributed by atoms with Crippen LogP contribution in [0.25, 0.3) is 0 Å². The predicted molar refractivity (Wildman–Crippen MR) is 110 cm³/mol. The number of nitrogens with zero attached hydrogens (tertiary/aromatic N) is 2. The Kier molecular flexibility index (Phi) is 8.24. The van der Waals surface area contributed by atoms with Crippen molar-refractivity contribution in [3.8, 4) is 0 Å². The Hall–Kier alpha value is -1.30. The zero-order chi connectivity index (χ0) is 18.9. The van der Waals surface area contributed by atoms with Crippen LogP contribution in [0.5, 0.6) is 0 Å². The Morgan fingerprint density at radius 1 is 1.30 bits per heavy atom. The fraction of sp³-hybridized carbons (Fsp3) is 0.667. The van der Waals surface area contributed by atoms with E-state index in [1.165, 1.54) is 12.8 Å². The van der Waals surface area contributed by atoms with E-state index in [-0.39, 0.29) is 0 Å². The third-order valence-corrected chi connectivity index (χ3v) is 5.40. The average Bonchev–Trinajstić information content (AvgIpc) is 2.71. The maximum absolute atomic E-state index is 6.13. The standard InChI is InChI=1S/C21H32ClN3O2/c1-2-23-21(24-15-17-6-5-7-18(22)14-17)25-11-9-19(10-12-25)27-16-20-8-3-4-13-26-20/h5-7,14,19-20H,2-4,8-13,15-16H2,1H3,(H,23,24). The number of aliphatic imine (C=N–C) groups is 1. The number of halogens is 1. The molecule has 1 atom stereocenters. The maximum atomic E-state index is 6.13. The Labute approximate surface area is 168 Å². The molecular formula is C21H32ClN3O2. The van der Waals surface area contributed by atoms with Gasteiger partial charge in [-0.1, -0.05) is 23.7 Å². The van der Waals surface area contributed by atoms with Gasteiger partial charge in [0.15, 0.2) is 5.96 Å². The summed E-state index contributed by atoms with van der Waals surface area (Å²) >= 11 is 6.07. The zero-order valence-corrected chi connectivity index (χ0v) is 17.1. The molecule has 0 aliphatic carbocycles. The van der Waals surface area contributed by atoms with Gasteiger partial charge in [-0.25, -0.2) is 4.99 Å². The number of hydrogen-bond donors (Lipinski definition) is 1. The molecule has 0 amide bonds. The van der Waals surface area contributed by atoms with E-state index in [0.29, 0.717) is 18.8 Å². The summed E-state index contributed by atoms with van der Waals surface area (Å²) < 4.78 is 11.9. The van der Waals surface area contributed by atoms with Crippen LogP contribution in [0.1, 0.15) is 44.6 Å². The van der Waals surface area contributed by atoms with Crippen LogP contribution in [-0.2, 0) is 16.0 Å². The molecule has 1 aromatic carbocycles. The van der Waals surface area contributed by atoms with Crippen LogP contribution in [0.15, 0.2) is 29.3 Å². The van der Waals surface area contributed by atoms with Crippen molar-refractivity contribution in [3.05, 3.63) is 34.9 Å². The summed E-state index contributed by atoms with van der Waals surface area (Å²) in [5.74, 6) is 0.978. The smallest absolute Gasteiger partial charge is 0.194 e. The van der Waals surface area contributed by atoms with E-state index in [1.54, 1.807) is 0 Å². The molecule has 3 rings (SSSR count). The second-order valence-corrected chi connectivity index (χ2v) is 7.74. The molecule has 2 aliphatic heterocycles. The second-order valence-electron chi connectivity index (χ2n) is 7.31. The number of likely N-dealkylation sites (tertiary alicyclic amines) is 1. The van der Waals surface area contributed by atoms with Crippen molar-refractivity contribution >= 4 is 17.6 Å². The molecule has 1 N–H and O–H groups in total. The third-order valence-electron chi connectivity index (χ3n) is 5.17. The molecule has 0 aromatic heterocycles. The topological polar surface area (TPSA) is 46.1 Å². The monoisotopic (exact) mass is 393 g/mol. The average molecular weight is 394 g/mol. The van der Waals surface area contributed by atoms with E-state index in [4.69, 9.17) is 26.1 Å². The minimum absolute atomic E-state index is 0.299. The highest BCUT2D eigenvalue weighted by molar-refractivity contribution is 6.30. The van der Waals surface area contributed by atoms with Gasteiger partial charge in [-0.3, -0.25) is 0 Å². The van der Waals surface area contributed by atoms with Crippen molar-refractivity contribution in [2.24, 2.45) is 4.99 Å². The molecule has 0 radical (unpaired) electrons. The Morgan fingerprint density at radius 2 is 2.15 bits per heavy atom. The SMILES string of the molecule is CCNC(=NCc1cccc(Cl)c1)N1CCC(OCC2CCCCO2)CC1. The van der Waals surface area contributed by atoms with E-state index in [0.717, 1.165) is 68.7 Å². The fourth-order valence-corrected chi connectivity index (χ4v) is 3.86. The summed E-state index contributed by atoms with van der Waals surface area (Å²) in [5.41, 5.74) is 1.13. The molecule has 6 heteroatoms. The number of guanidine groups is 1. The Balaban J connectivity index is 1.46. The van der Waals surface area contributed by atoms with Gasteiger partial charge in [0.1, 0.15) is 0 Å². The molecule has 27 heavy (non-hydrogen) atoms. The predicted octanol–water partition coefficient (Wildman–Crippen LogP) is 3.86. The van der Waals surface area contributed by atoms with Gasteiger partial charge < -0.3 is 19.7 Å². The van der Waals surface area contributed by atoms with Crippen LogP contribution in [0.2, 0.25) is 5.02 Å². The third kappa shape index (κ3) is 6.66. The van der Waals surface area contributed by atoms with Crippen LogP contribution in [0.3, 0.4) is 0 Å². The highest BCUT2D eigenvalue weighted by atomic mass is 35.5. The summed E-state index contributed by atoms with van der Waals surface area (Å²) in [7, 11) is 0. The number of piperidine rings is 1. The Bertz CT molecular complexity index is 597. The van der Waals surface area contributed by atoms with E-state index in [2.05, 4.69) is 23.2 Å². The quantitative estimate of drug-likeness (QED) is 0.589. The Morgan fingerprint density at radius 3 is 2.85 bits per heavy atom. The molecule has 5 nitrogen and oxygen atoms in total. The van der Waals surface area contributed by atoms with Crippen LogP contribution in [0, 0.1) is 0 Å². The van der Waals surface area contributed by atoms with Gasteiger partial charge in [0, 0.05) is 31.3 Å². The highest BCUT2D eigenvalue weighted by Crippen LogP contribution is 2.18. The lowest BCUT2D eigenvalue weighted by molar-refractivity contribution is -0.0721. The highest BCUT2D eigenvalue weighted by Gasteiger charge is 2.23. The van der Waals surface area contributed by atoms with Crippen molar-refractivity contribution < 1.29 is 9.47 Å². The van der Waals surface area contributed by atoms with Crippen LogP contribution >= 0.6 is 11.6 Å². The summed E-state index contributed by atoms with van der Waals surface area (Å²) in [6.45, 7) is 7.18. The maximum Gasteiger partial charge on any atom is 0.194 e. The van der Waals surface area contributed by atoms with Gasteiger partial charge in [0.05, 0.1) is 25.4 Å². The van der Waals surface area contributed by atoms with E-state index < -0.39 is 0 Å². The lowest BCUT2D eigenvalue weighted by Gasteiger charge is -2.35. The van der Waals surface area contributed by atoms with Crippen molar-refractivity contribution in [1.29, 1.82) is 0 Å². The van der Waals surface area contributed by atoms with Crippen LogP contribution in [-0.4, -0.2) is 55.9 Å². The van der Waals surface area contributed by atoms with Crippen molar-refractivity contribution in [2.45, 2.75) is 57.8 Å². The lowest BCUT2D eigenvalue weighted by Crippen LogP contribution is -2.47. The lowest BCUT2D eigenvalue weighted by atomic mass is 10.1. The van der Waals surface area contributed by atoms with E-state index >= 15 is 0 Å². The molecule has 2 heterocycles. The minimum Gasteiger partial charge on any atom is -0.376 e. The van der Waals surface area contributed by atoms with Gasteiger partial charge in [-0.15, -0.1) is 0 Å². The first-order valence-corrected chi connectivity index (χ1v) is 10.6. The van der Waals surface area contributed by atoms with Crippen molar-refractivity contribution in [1.82, 2.24) is 10.2 Å². The number of rotatable bonds is 6. The summed E-state index contributed by atoms with van der Waals surface area (Å²) in [5, 5.41) is 4.17. The summed E-state index contributed by atoms with van der Waals surface area (Å²) in [4.78, 5) is 7.14. The summed E-state index contributed by atoms with van der Waals surface area (Å²) in [6.07, 6.45) is 6.30.